The molecule has 0 heterocycles. The minimum atomic E-state index is 0.0195. The minimum absolute atomic E-state index is 0.0195. The molecule has 3 nitrogen and oxygen atoms in total. The Morgan fingerprint density at radius 1 is 1.47 bits per heavy atom. The van der Waals surface area contributed by atoms with Crippen LogP contribution in [0.1, 0.15) is 18.4 Å². The first-order valence-corrected chi connectivity index (χ1v) is 6.57. The SMILES string of the molecule is NC(=S)CCCNC(=O)Cc1cccc(Br)c1. The Morgan fingerprint density at radius 3 is 2.88 bits per heavy atom. The Morgan fingerprint density at radius 2 is 2.24 bits per heavy atom. The average Bonchev–Trinajstić information content (AvgIpc) is 2.24. The topological polar surface area (TPSA) is 55.1 Å². The zero-order valence-corrected chi connectivity index (χ0v) is 11.8. The van der Waals surface area contributed by atoms with Crippen molar-refractivity contribution in [2.45, 2.75) is 19.3 Å². The molecule has 17 heavy (non-hydrogen) atoms. The van der Waals surface area contributed by atoms with Crippen LogP contribution in [0.15, 0.2) is 28.7 Å². The predicted octanol–water partition coefficient (Wildman–Crippen LogP) is 2.17. The van der Waals surface area contributed by atoms with Crippen LogP contribution in [0, 0.1) is 0 Å². The molecule has 0 atom stereocenters. The number of benzene rings is 1. The normalized spacial score (nSPS) is 9.94. The highest BCUT2D eigenvalue weighted by atomic mass is 79.9. The molecule has 0 fully saturated rings. The number of nitrogens with one attached hydrogen (secondary N) is 1. The van der Waals surface area contributed by atoms with Gasteiger partial charge in [-0.15, -0.1) is 0 Å². The summed E-state index contributed by atoms with van der Waals surface area (Å²) in [5, 5.41) is 2.84. The van der Waals surface area contributed by atoms with E-state index in [2.05, 4.69) is 21.2 Å². The molecule has 0 saturated carbocycles. The van der Waals surface area contributed by atoms with E-state index in [1.165, 1.54) is 0 Å². The van der Waals surface area contributed by atoms with E-state index in [9.17, 15) is 4.79 Å². The molecule has 0 saturated heterocycles. The van der Waals surface area contributed by atoms with Gasteiger partial charge in [0.15, 0.2) is 0 Å². The summed E-state index contributed by atoms with van der Waals surface area (Å²) in [4.78, 5) is 12.1. The fraction of sp³-hybridized carbons (Fsp3) is 0.333. The third kappa shape index (κ3) is 6.38. The first kappa shape index (κ1) is 14.1. The largest absolute Gasteiger partial charge is 0.393 e. The monoisotopic (exact) mass is 314 g/mol. The van der Waals surface area contributed by atoms with Crippen molar-refractivity contribution in [2.24, 2.45) is 5.73 Å². The van der Waals surface area contributed by atoms with Gasteiger partial charge in [-0.25, -0.2) is 0 Å². The maximum atomic E-state index is 11.6. The number of hydrogen-bond acceptors (Lipinski definition) is 2. The van der Waals surface area contributed by atoms with Gasteiger partial charge in [-0.1, -0.05) is 40.3 Å². The van der Waals surface area contributed by atoms with Crippen molar-refractivity contribution in [1.29, 1.82) is 0 Å². The van der Waals surface area contributed by atoms with Gasteiger partial charge in [0, 0.05) is 11.0 Å². The number of amides is 1. The lowest BCUT2D eigenvalue weighted by Gasteiger charge is -2.05. The number of carbonyl (C=O) groups excluding carboxylic acids is 1. The molecule has 1 rings (SSSR count). The van der Waals surface area contributed by atoms with Crippen molar-refractivity contribution in [2.75, 3.05) is 6.54 Å². The third-order valence-electron chi connectivity index (χ3n) is 2.18. The fourth-order valence-electron chi connectivity index (χ4n) is 1.39. The number of halogens is 1. The zero-order valence-electron chi connectivity index (χ0n) is 9.41. The molecule has 3 N–H and O–H groups in total. The van der Waals surface area contributed by atoms with Gasteiger partial charge in [-0.3, -0.25) is 4.79 Å². The number of thiocarbonyl (C=S) groups is 1. The summed E-state index contributed by atoms with van der Waals surface area (Å²) in [6, 6.07) is 7.72. The van der Waals surface area contributed by atoms with E-state index < -0.39 is 0 Å². The molecule has 0 aliphatic rings. The summed E-state index contributed by atoms with van der Waals surface area (Å²) >= 11 is 8.13. The molecule has 0 bridgehead atoms. The minimum Gasteiger partial charge on any atom is -0.393 e. The van der Waals surface area contributed by atoms with Gasteiger partial charge in [0.2, 0.25) is 5.91 Å². The van der Waals surface area contributed by atoms with Crippen LogP contribution < -0.4 is 11.1 Å². The lowest BCUT2D eigenvalue weighted by molar-refractivity contribution is -0.120. The molecule has 0 aliphatic heterocycles. The molecule has 92 valence electrons. The summed E-state index contributed by atoms with van der Waals surface area (Å²) in [6.07, 6.45) is 1.86. The van der Waals surface area contributed by atoms with E-state index in [-0.39, 0.29) is 5.91 Å². The summed E-state index contributed by atoms with van der Waals surface area (Å²) in [6.45, 7) is 0.615. The Bertz CT molecular complexity index is 409. The van der Waals surface area contributed by atoms with E-state index in [1.807, 2.05) is 24.3 Å². The van der Waals surface area contributed by atoms with Crippen LogP contribution in [-0.2, 0) is 11.2 Å². The van der Waals surface area contributed by atoms with E-state index in [4.69, 9.17) is 18.0 Å². The smallest absolute Gasteiger partial charge is 0.224 e. The Hall–Kier alpha value is -0.940. The van der Waals surface area contributed by atoms with Gasteiger partial charge in [-0.2, -0.15) is 0 Å². The summed E-state index contributed by atoms with van der Waals surface area (Å²) in [5.74, 6) is 0.0195. The number of hydrogen-bond donors (Lipinski definition) is 2. The number of nitrogens with two attached hydrogens (primary N) is 1. The molecule has 0 unspecified atom stereocenters. The quantitative estimate of drug-likeness (QED) is 0.625. The van der Waals surface area contributed by atoms with E-state index in [0.29, 0.717) is 24.4 Å². The molecule has 0 aromatic heterocycles. The molecule has 0 aliphatic carbocycles. The lowest BCUT2D eigenvalue weighted by atomic mass is 10.1. The van der Waals surface area contributed by atoms with E-state index >= 15 is 0 Å². The van der Waals surface area contributed by atoms with Crippen LogP contribution in [0.5, 0.6) is 0 Å². The first-order chi connectivity index (χ1) is 8.08. The van der Waals surface area contributed by atoms with Crippen molar-refractivity contribution >= 4 is 39.0 Å². The van der Waals surface area contributed by atoms with Gasteiger partial charge in [0.1, 0.15) is 0 Å². The predicted molar refractivity (Wildman–Crippen MR) is 76.9 cm³/mol. The van der Waals surface area contributed by atoms with Gasteiger partial charge in [-0.05, 0) is 30.5 Å². The molecule has 0 radical (unpaired) electrons. The van der Waals surface area contributed by atoms with Crippen LogP contribution in [0.2, 0.25) is 0 Å². The van der Waals surface area contributed by atoms with Crippen molar-refractivity contribution in [3.05, 3.63) is 34.3 Å². The number of rotatable bonds is 6. The molecule has 1 aromatic carbocycles. The first-order valence-electron chi connectivity index (χ1n) is 5.37. The second-order valence-electron chi connectivity index (χ2n) is 3.73. The molecular weight excluding hydrogens is 300 g/mol. The third-order valence-corrected chi connectivity index (χ3v) is 2.87. The lowest BCUT2D eigenvalue weighted by Crippen LogP contribution is -2.26. The maximum absolute atomic E-state index is 11.6. The summed E-state index contributed by atoms with van der Waals surface area (Å²) in [5.41, 5.74) is 6.35. The van der Waals surface area contributed by atoms with Crippen LogP contribution >= 0.6 is 28.1 Å². The standard InChI is InChI=1S/C12H15BrN2OS/c13-10-4-1-3-9(7-10)8-12(16)15-6-2-5-11(14)17/h1,3-4,7H,2,5-6,8H2,(H2,14,17)(H,15,16). The summed E-state index contributed by atoms with van der Waals surface area (Å²) in [7, 11) is 0. The molecule has 1 aromatic rings. The van der Waals surface area contributed by atoms with E-state index in [1.54, 1.807) is 0 Å². The number of carbonyl (C=O) groups is 1. The van der Waals surface area contributed by atoms with Crippen LogP contribution in [-0.4, -0.2) is 17.4 Å². The van der Waals surface area contributed by atoms with Crippen LogP contribution in [0.4, 0.5) is 0 Å². The molecule has 5 heteroatoms. The van der Waals surface area contributed by atoms with Crippen LogP contribution in [0.25, 0.3) is 0 Å². The molecular formula is C12H15BrN2OS. The molecule has 1 amide bonds. The van der Waals surface area contributed by atoms with Gasteiger partial charge in [0.25, 0.3) is 0 Å². The summed E-state index contributed by atoms with van der Waals surface area (Å²) < 4.78 is 0.983. The van der Waals surface area contributed by atoms with Crippen molar-refractivity contribution in [1.82, 2.24) is 5.32 Å². The Balaban J connectivity index is 2.27. The van der Waals surface area contributed by atoms with Gasteiger partial charge < -0.3 is 11.1 Å². The van der Waals surface area contributed by atoms with Crippen molar-refractivity contribution in [3.8, 4) is 0 Å². The van der Waals surface area contributed by atoms with Crippen molar-refractivity contribution in [3.63, 3.8) is 0 Å². The molecule has 0 spiro atoms. The van der Waals surface area contributed by atoms with Crippen molar-refractivity contribution < 1.29 is 4.79 Å². The Kier molecular flexibility index (Phi) is 6.15. The van der Waals surface area contributed by atoms with Crippen LogP contribution in [0.3, 0.4) is 0 Å². The fourth-order valence-corrected chi connectivity index (χ4v) is 1.98. The highest BCUT2D eigenvalue weighted by molar-refractivity contribution is 9.10. The highest BCUT2D eigenvalue weighted by Gasteiger charge is 2.03. The average molecular weight is 315 g/mol. The second-order valence-corrected chi connectivity index (χ2v) is 5.17. The van der Waals surface area contributed by atoms with Gasteiger partial charge >= 0.3 is 0 Å². The van der Waals surface area contributed by atoms with E-state index in [0.717, 1.165) is 16.5 Å². The maximum Gasteiger partial charge on any atom is 0.224 e. The Labute approximate surface area is 115 Å². The van der Waals surface area contributed by atoms with Gasteiger partial charge in [0.05, 0.1) is 11.4 Å². The highest BCUT2D eigenvalue weighted by Crippen LogP contribution is 2.11. The second kappa shape index (κ2) is 7.40. The zero-order chi connectivity index (χ0) is 12.7.